The average molecular weight is 270 g/mol. The molecule has 3 rings (SSSR count). The van der Waals surface area contributed by atoms with Gasteiger partial charge in [-0.25, -0.2) is 0 Å². The molecule has 1 atom stereocenters. The van der Waals surface area contributed by atoms with Gasteiger partial charge in [0.05, 0.1) is 6.26 Å². The number of oxime groups is 1. The molecule has 1 aromatic carbocycles. The number of furan rings is 1. The van der Waals surface area contributed by atoms with Gasteiger partial charge < -0.3 is 9.25 Å². The third kappa shape index (κ3) is 1.97. The van der Waals surface area contributed by atoms with Crippen LogP contribution in [0.1, 0.15) is 12.5 Å². The number of nitrogens with zero attached hydrogens (tertiary/aromatic N) is 2. The molecule has 2 heterocycles. The van der Waals surface area contributed by atoms with Crippen LogP contribution < -0.4 is 0 Å². The molecule has 1 amide bonds. The van der Waals surface area contributed by atoms with E-state index in [0.717, 1.165) is 16.9 Å². The van der Waals surface area contributed by atoms with Gasteiger partial charge >= 0.3 is 0 Å². The number of benzene rings is 1. The van der Waals surface area contributed by atoms with E-state index in [9.17, 15) is 4.79 Å². The van der Waals surface area contributed by atoms with E-state index in [1.807, 2.05) is 36.4 Å². The molecule has 1 aliphatic rings. The molecule has 2 aromatic rings. The maximum atomic E-state index is 12.0. The third-order valence-corrected chi connectivity index (χ3v) is 3.25. The lowest BCUT2D eigenvalue weighted by Gasteiger charge is -2.27. The zero-order chi connectivity index (χ0) is 14.1. The Labute approximate surface area is 116 Å². The van der Waals surface area contributed by atoms with E-state index in [4.69, 9.17) is 9.25 Å². The van der Waals surface area contributed by atoms with Gasteiger partial charge in [-0.15, -0.1) is 0 Å². The predicted octanol–water partition coefficient (Wildman–Crippen LogP) is 2.49. The predicted molar refractivity (Wildman–Crippen MR) is 74.0 cm³/mol. The average Bonchev–Trinajstić information content (AvgIpc) is 2.99. The van der Waals surface area contributed by atoms with Crippen LogP contribution >= 0.6 is 0 Å². The quantitative estimate of drug-likeness (QED) is 0.842. The fourth-order valence-electron chi connectivity index (χ4n) is 2.17. The van der Waals surface area contributed by atoms with E-state index < -0.39 is 6.10 Å². The summed E-state index contributed by atoms with van der Waals surface area (Å²) in [5.41, 5.74) is 1.67. The second kappa shape index (κ2) is 4.85. The summed E-state index contributed by atoms with van der Waals surface area (Å²) >= 11 is 0. The Balaban J connectivity index is 2.10. The molecule has 20 heavy (non-hydrogen) atoms. The first-order chi connectivity index (χ1) is 9.68. The molecule has 5 nitrogen and oxygen atoms in total. The van der Waals surface area contributed by atoms with Crippen LogP contribution in [-0.2, 0) is 9.63 Å². The minimum atomic E-state index is -0.556. The Morgan fingerprint density at radius 1 is 1.15 bits per heavy atom. The summed E-state index contributed by atoms with van der Waals surface area (Å²) < 4.78 is 5.43. The third-order valence-electron chi connectivity index (χ3n) is 3.25. The van der Waals surface area contributed by atoms with Crippen LogP contribution in [0.15, 0.2) is 52.2 Å². The lowest BCUT2D eigenvalue weighted by molar-refractivity contribution is -0.140. The Kier molecular flexibility index (Phi) is 3.02. The fraction of sp³-hybridized carbons (Fsp3) is 0.200. The molecule has 0 bridgehead atoms. The summed E-state index contributed by atoms with van der Waals surface area (Å²) in [6, 6.07) is 11.3. The number of carbonyl (C=O) groups is 1. The van der Waals surface area contributed by atoms with Crippen molar-refractivity contribution < 1.29 is 14.0 Å². The van der Waals surface area contributed by atoms with Gasteiger partial charge in [0.25, 0.3) is 5.91 Å². The van der Waals surface area contributed by atoms with Crippen LogP contribution in [-0.4, -0.2) is 29.8 Å². The van der Waals surface area contributed by atoms with E-state index in [1.54, 1.807) is 20.2 Å². The Morgan fingerprint density at radius 2 is 1.90 bits per heavy atom. The summed E-state index contributed by atoms with van der Waals surface area (Å²) in [5, 5.41) is 4.06. The van der Waals surface area contributed by atoms with Gasteiger partial charge in [-0.2, -0.15) is 0 Å². The summed E-state index contributed by atoms with van der Waals surface area (Å²) in [6.45, 7) is 1.68. The van der Waals surface area contributed by atoms with Gasteiger partial charge in [0.15, 0.2) is 5.84 Å². The van der Waals surface area contributed by atoms with Crippen molar-refractivity contribution in [3.63, 3.8) is 0 Å². The van der Waals surface area contributed by atoms with Crippen LogP contribution in [0.5, 0.6) is 0 Å². The summed E-state index contributed by atoms with van der Waals surface area (Å²) in [4.78, 5) is 18.7. The second-order valence-corrected chi connectivity index (χ2v) is 4.58. The van der Waals surface area contributed by atoms with Gasteiger partial charge in [-0.3, -0.25) is 9.69 Å². The highest BCUT2D eigenvalue weighted by Crippen LogP contribution is 2.26. The van der Waals surface area contributed by atoms with Crippen molar-refractivity contribution in [1.29, 1.82) is 0 Å². The highest BCUT2D eigenvalue weighted by molar-refractivity contribution is 6.12. The zero-order valence-corrected chi connectivity index (χ0v) is 11.2. The highest BCUT2D eigenvalue weighted by Gasteiger charge is 2.30. The van der Waals surface area contributed by atoms with Crippen molar-refractivity contribution in [3.05, 3.63) is 48.2 Å². The molecule has 0 N–H and O–H groups in total. The maximum absolute atomic E-state index is 12.0. The Morgan fingerprint density at radius 3 is 2.60 bits per heavy atom. The molecule has 5 heteroatoms. The second-order valence-electron chi connectivity index (χ2n) is 4.58. The molecule has 1 aliphatic heterocycles. The lowest BCUT2D eigenvalue weighted by atomic mass is 10.0. The monoisotopic (exact) mass is 270 g/mol. The van der Waals surface area contributed by atoms with Crippen LogP contribution in [0.25, 0.3) is 11.3 Å². The summed E-state index contributed by atoms with van der Waals surface area (Å²) in [5.74, 6) is 1.09. The van der Waals surface area contributed by atoms with Crippen molar-refractivity contribution in [3.8, 4) is 11.3 Å². The van der Waals surface area contributed by atoms with Crippen LogP contribution in [0.4, 0.5) is 0 Å². The van der Waals surface area contributed by atoms with Gasteiger partial charge in [0.2, 0.25) is 6.10 Å². The minimum absolute atomic E-state index is 0.121. The number of amides is 1. The van der Waals surface area contributed by atoms with E-state index in [1.165, 1.54) is 4.90 Å². The topological polar surface area (TPSA) is 55.0 Å². The Hall–Kier alpha value is -2.56. The number of amidine groups is 1. The number of hydrogen-bond acceptors (Lipinski definition) is 4. The fourth-order valence-corrected chi connectivity index (χ4v) is 2.17. The highest BCUT2D eigenvalue weighted by atomic mass is 16.6. The van der Waals surface area contributed by atoms with Gasteiger partial charge in [0.1, 0.15) is 5.76 Å². The zero-order valence-electron chi connectivity index (χ0n) is 11.2. The van der Waals surface area contributed by atoms with E-state index >= 15 is 0 Å². The van der Waals surface area contributed by atoms with Crippen molar-refractivity contribution in [2.45, 2.75) is 13.0 Å². The van der Waals surface area contributed by atoms with Crippen molar-refractivity contribution in [1.82, 2.24) is 4.90 Å². The number of likely N-dealkylation sites (N-methyl/N-ethyl adjacent to an activating group) is 1. The van der Waals surface area contributed by atoms with E-state index in [-0.39, 0.29) is 5.91 Å². The van der Waals surface area contributed by atoms with Crippen molar-refractivity contribution in [2.75, 3.05) is 7.05 Å². The first kappa shape index (κ1) is 12.5. The molecule has 0 radical (unpaired) electrons. The molecule has 0 saturated heterocycles. The summed E-state index contributed by atoms with van der Waals surface area (Å²) in [6.07, 6.45) is 1.06. The van der Waals surface area contributed by atoms with Crippen LogP contribution in [0.2, 0.25) is 0 Å². The molecule has 0 aliphatic carbocycles. The van der Waals surface area contributed by atoms with Crippen molar-refractivity contribution in [2.24, 2.45) is 5.16 Å². The first-order valence-corrected chi connectivity index (χ1v) is 6.33. The standard InChI is InChI=1S/C15H14N2O3/c1-10-15(18)17(2)14(16-20-10)12-7-4-3-6-11(12)13-8-5-9-19-13/h3-10H,1-2H3. The van der Waals surface area contributed by atoms with Gasteiger partial charge in [-0.05, 0) is 19.1 Å². The summed E-state index contributed by atoms with van der Waals surface area (Å²) in [7, 11) is 1.69. The van der Waals surface area contributed by atoms with Crippen LogP contribution in [0, 0.1) is 0 Å². The minimum Gasteiger partial charge on any atom is -0.464 e. The number of carbonyl (C=O) groups excluding carboxylic acids is 1. The largest absolute Gasteiger partial charge is 0.464 e. The first-order valence-electron chi connectivity index (χ1n) is 6.33. The van der Waals surface area contributed by atoms with Gasteiger partial charge in [0, 0.05) is 18.2 Å². The molecular formula is C15H14N2O3. The molecule has 0 fully saturated rings. The molecule has 0 saturated carbocycles. The molecular weight excluding hydrogens is 256 g/mol. The number of rotatable bonds is 2. The van der Waals surface area contributed by atoms with Crippen LogP contribution in [0.3, 0.4) is 0 Å². The molecule has 1 unspecified atom stereocenters. The molecule has 1 aromatic heterocycles. The molecule has 0 spiro atoms. The molecule has 102 valence electrons. The Bertz CT molecular complexity index is 662. The smallest absolute Gasteiger partial charge is 0.271 e. The van der Waals surface area contributed by atoms with Crippen molar-refractivity contribution >= 4 is 11.7 Å². The SMILES string of the molecule is CC1ON=C(c2ccccc2-c2ccco2)N(C)C1=O. The van der Waals surface area contributed by atoms with E-state index in [0.29, 0.717) is 5.84 Å². The lowest BCUT2D eigenvalue weighted by Crippen LogP contribution is -2.44. The normalized spacial score (nSPS) is 18.7. The van der Waals surface area contributed by atoms with E-state index in [2.05, 4.69) is 5.16 Å². The maximum Gasteiger partial charge on any atom is 0.271 e. The van der Waals surface area contributed by atoms with Gasteiger partial charge in [-0.1, -0.05) is 29.4 Å². The number of hydrogen-bond donors (Lipinski definition) is 0.